The standard InChI is InChI=1S/C24H33FN4O2/c1-3-22-26-10-14-28(22)12-7-23(30)29-13-9-24(18-29)8-4-11-27(17-24)16-19-15-20(31-2)5-6-21(19)25/h5-6,10,14-15H,3-4,7-9,11-13,16-18H2,1-2H3/t24-/m0/s1. The van der Waals surface area contributed by atoms with Crippen LogP contribution in [0.25, 0.3) is 0 Å². The SMILES string of the molecule is CCc1nccn1CCC(=O)N1CC[C@]2(CCCN(Cc3cc(OC)ccc3F)C2)C1. The van der Waals surface area contributed by atoms with Crippen molar-refractivity contribution in [2.24, 2.45) is 5.41 Å². The van der Waals surface area contributed by atoms with Crippen LogP contribution in [-0.2, 0) is 24.3 Å². The van der Waals surface area contributed by atoms with Crippen LogP contribution in [0.2, 0.25) is 0 Å². The maximum absolute atomic E-state index is 14.3. The molecular formula is C24H33FN4O2. The first-order valence-electron chi connectivity index (χ1n) is 11.3. The van der Waals surface area contributed by atoms with Crippen molar-refractivity contribution in [3.8, 4) is 5.75 Å². The van der Waals surface area contributed by atoms with Crippen molar-refractivity contribution < 1.29 is 13.9 Å². The van der Waals surface area contributed by atoms with E-state index in [0.717, 1.165) is 57.7 Å². The number of likely N-dealkylation sites (tertiary alicyclic amines) is 2. The average molecular weight is 429 g/mol. The Morgan fingerprint density at radius 1 is 1.26 bits per heavy atom. The Morgan fingerprint density at radius 3 is 2.94 bits per heavy atom. The van der Waals surface area contributed by atoms with Gasteiger partial charge in [0.15, 0.2) is 0 Å². The number of imidazole rings is 1. The van der Waals surface area contributed by atoms with Crippen LogP contribution in [0.15, 0.2) is 30.6 Å². The van der Waals surface area contributed by atoms with Crippen molar-refractivity contribution in [3.63, 3.8) is 0 Å². The summed E-state index contributed by atoms with van der Waals surface area (Å²) in [4.78, 5) is 21.6. The fourth-order valence-electron chi connectivity index (χ4n) is 5.20. The Hall–Kier alpha value is -2.41. The second-order valence-electron chi connectivity index (χ2n) is 8.98. The summed E-state index contributed by atoms with van der Waals surface area (Å²) in [6.45, 7) is 6.86. The molecule has 1 amide bonds. The lowest BCUT2D eigenvalue weighted by atomic mass is 9.79. The van der Waals surface area contributed by atoms with E-state index in [1.807, 2.05) is 11.1 Å². The van der Waals surface area contributed by atoms with E-state index < -0.39 is 0 Å². The second-order valence-corrected chi connectivity index (χ2v) is 8.98. The van der Waals surface area contributed by atoms with Gasteiger partial charge in [-0.2, -0.15) is 0 Å². The molecule has 168 valence electrons. The number of hydrogen-bond acceptors (Lipinski definition) is 4. The van der Waals surface area contributed by atoms with Gasteiger partial charge in [-0.3, -0.25) is 9.69 Å². The van der Waals surface area contributed by atoms with E-state index >= 15 is 0 Å². The van der Waals surface area contributed by atoms with Gasteiger partial charge in [0, 0.05) is 68.9 Å². The molecule has 7 heteroatoms. The molecule has 2 aliphatic rings. The van der Waals surface area contributed by atoms with Gasteiger partial charge in [-0.05, 0) is 44.0 Å². The smallest absolute Gasteiger partial charge is 0.224 e. The van der Waals surface area contributed by atoms with Gasteiger partial charge in [-0.15, -0.1) is 0 Å². The van der Waals surface area contributed by atoms with Crippen molar-refractivity contribution >= 4 is 5.91 Å². The highest BCUT2D eigenvalue weighted by Gasteiger charge is 2.42. The van der Waals surface area contributed by atoms with E-state index in [2.05, 4.69) is 21.4 Å². The Balaban J connectivity index is 1.34. The first-order valence-corrected chi connectivity index (χ1v) is 11.3. The summed E-state index contributed by atoms with van der Waals surface area (Å²) in [7, 11) is 1.60. The summed E-state index contributed by atoms with van der Waals surface area (Å²) >= 11 is 0. The monoisotopic (exact) mass is 428 g/mol. The van der Waals surface area contributed by atoms with E-state index in [4.69, 9.17) is 4.74 Å². The molecule has 1 spiro atoms. The Bertz CT molecular complexity index is 915. The number of carbonyl (C=O) groups is 1. The molecule has 4 rings (SSSR count). The topological polar surface area (TPSA) is 50.6 Å². The number of aryl methyl sites for hydroxylation is 2. The van der Waals surface area contributed by atoms with Crippen LogP contribution in [0, 0.1) is 11.2 Å². The second kappa shape index (κ2) is 9.39. The summed E-state index contributed by atoms with van der Waals surface area (Å²) in [5.74, 6) is 1.75. The molecule has 6 nitrogen and oxygen atoms in total. The Labute approximate surface area is 184 Å². The number of ether oxygens (including phenoxy) is 1. The molecule has 3 heterocycles. The summed E-state index contributed by atoms with van der Waals surface area (Å²) in [6, 6.07) is 4.93. The Morgan fingerprint density at radius 2 is 2.13 bits per heavy atom. The van der Waals surface area contributed by atoms with Crippen LogP contribution in [0.3, 0.4) is 0 Å². The molecule has 2 saturated heterocycles. The van der Waals surface area contributed by atoms with Gasteiger partial charge in [0.2, 0.25) is 5.91 Å². The lowest BCUT2D eigenvalue weighted by molar-refractivity contribution is -0.131. The third-order valence-electron chi connectivity index (χ3n) is 6.86. The van der Waals surface area contributed by atoms with Crippen molar-refractivity contribution in [2.75, 3.05) is 33.3 Å². The maximum atomic E-state index is 14.3. The maximum Gasteiger partial charge on any atom is 0.224 e. The predicted octanol–water partition coefficient (Wildman–Crippen LogP) is 3.50. The number of nitrogens with zero attached hydrogens (tertiary/aromatic N) is 4. The highest BCUT2D eigenvalue weighted by atomic mass is 19.1. The molecule has 2 aliphatic heterocycles. The number of aromatic nitrogens is 2. The third-order valence-corrected chi connectivity index (χ3v) is 6.86. The molecule has 2 fully saturated rings. The minimum atomic E-state index is -0.186. The molecule has 0 aliphatic carbocycles. The lowest BCUT2D eigenvalue weighted by Crippen LogP contribution is -2.45. The highest BCUT2D eigenvalue weighted by Crippen LogP contribution is 2.39. The number of methoxy groups -OCH3 is 1. The van der Waals surface area contributed by atoms with Gasteiger partial charge in [-0.25, -0.2) is 9.37 Å². The number of benzene rings is 1. The normalized spacial score (nSPS) is 21.7. The molecule has 0 radical (unpaired) electrons. The molecule has 31 heavy (non-hydrogen) atoms. The predicted molar refractivity (Wildman–Crippen MR) is 117 cm³/mol. The van der Waals surface area contributed by atoms with E-state index in [-0.39, 0.29) is 17.1 Å². The first kappa shape index (κ1) is 21.8. The van der Waals surface area contributed by atoms with Gasteiger partial charge >= 0.3 is 0 Å². The number of piperidine rings is 1. The zero-order chi connectivity index (χ0) is 21.8. The largest absolute Gasteiger partial charge is 0.497 e. The first-order chi connectivity index (χ1) is 15.0. The quantitative estimate of drug-likeness (QED) is 0.677. The van der Waals surface area contributed by atoms with Crippen LogP contribution in [0.4, 0.5) is 4.39 Å². The Kier molecular flexibility index (Phi) is 6.60. The average Bonchev–Trinajstić information content (AvgIpc) is 3.40. The van der Waals surface area contributed by atoms with Crippen LogP contribution < -0.4 is 4.74 Å². The fourth-order valence-corrected chi connectivity index (χ4v) is 5.20. The number of amides is 1. The van der Waals surface area contributed by atoms with Crippen LogP contribution in [0.1, 0.15) is 44.0 Å². The van der Waals surface area contributed by atoms with E-state index in [1.54, 1.807) is 25.4 Å². The summed E-state index contributed by atoms with van der Waals surface area (Å²) in [5.41, 5.74) is 0.807. The van der Waals surface area contributed by atoms with Gasteiger partial charge in [0.1, 0.15) is 17.4 Å². The molecule has 2 aromatic rings. The summed E-state index contributed by atoms with van der Waals surface area (Å²) in [5, 5.41) is 0. The van der Waals surface area contributed by atoms with Crippen LogP contribution in [0.5, 0.6) is 5.75 Å². The van der Waals surface area contributed by atoms with Gasteiger partial charge in [-0.1, -0.05) is 6.92 Å². The van der Waals surface area contributed by atoms with Crippen molar-refractivity contribution in [3.05, 3.63) is 47.8 Å². The number of hydrogen-bond donors (Lipinski definition) is 0. The van der Waals surface area contributed by atoms with Gasteiger partial charge in [0.25, 0.3) is 0 Å². The molecule has 1 aromatic heterocycles. The zero-order valence-electron chi connectivity index (χ0n) is 18.6. The van der Waals surface area contributed by atoms with Gasteiger partial charge < -0.3 is 14.2 Å². The molecule has 0 bridgehead atoms. The number of carbonyl (C=O) groups excluding carboxylic acids is 1. The minimum absolute atomic E-state index is 0.132. The summed E-state index contributed by atoms with van der Waals surface area (Å²) < 4.78 is 21.7. The van der Waals surface area contributed by atoms with E-state index in [9.17, 15) is 9.18 Å². The number of rotatable bonds is 7. The fraction of sp³-hybridized carbons (Fsp3) is 0.583. The molecule has 0 saturated carbocycles. The minimum Gasteiger partial charge on any atom is -0.497 e. The lowest BCUT2D eigenvalue weighted by Gasteiger charge is -2.40. The van der Waals surface area contributed by atoms with Crippen molar-refractivity contribution in [1.82, 2.24) is 19.4 Å². The van der Waals surface area contributed by atoms with Crippen molar-refractivity contribution in [1.29, 1.82) is 0 Å². The molecular weight excluding hydrogens is 395 g/mol. The van der Waals surface area contributed by atoms with Crippen molar-refractivity contribution in [2.45, 2.75) is 52.1 Å². The van der Waals surface area contributed by atoms with Crippen LogP contribution in [-0.4, -0.2) is 58.5 Å². The molecule has 0 unspecified atom stereocenters. The zero-order valence-corrected chi connectivity index (χ0v) is 18.6. The molecule has 1 aromatic carbocycles. The molecule has 0 N–H and O–H groups in total. The highest BCUT2D eigenvalue weighted by molar-refractivity contribution is 5.76. The van der Waals surface area contributed by atoms with E-state index in [0.29, 0.717) is 30.8 Å². The van der Waals surface area contributed by atoms with Crippen LogP contribution >= 0.6 is 0 Å². The third kappa shape index (κ3) is 4.92. The molecule has 1 atom stereocenters. The number of halogens is 1. The van der Waals surface area contributed by atoms with Gasteiger partial charge in [0.05, 0.1) is 7.11 Å². The summed E-state index contributed by atoms with van der Waals surface area (Å²) in [6.07, 6.45) is 8.39. The van der Waals surface area contributed by atoms with E-state index in [1.165, 1.54) is 6.07 Å².